The van der Waals surface area contributed by atoms with Gasteiger partial charge in [0.25, 0.3) is 5.91 Å². The summed E-state index contributed by atoms with van der Waals surface area (Å²) >= 11 is 0. The quantitative estimate of drug-likeness (QED) is 0.510. The van der Waals surface area contributed by atoms with Crippen LogP contribution in [-0.2, 0) is 12.9 Å². The molecule has 0 fully saturated rings. The highest BCUT2D eigenvalue weighted by atomic mass is 19.4. The maximum Gasteiger partial charge on any atom is 0.416 e. The van der Waals surface area contributed by atoms with E-state index in [9.17, 15) is 18.0 Å². The Bertz CT molecular complexity index is 639. The van der Waals surface area contributed by atoms with Gasteiger partial charge < -0.3 is 4.74 Å². The van der Waals surface area contributed by atoms with Gasteiger partial charge in [0.2, 0.25) is 0 Å². The van der Waals surface area contributed by atoms with Gasteiger partial charge in [-0.3, -0.25) is 10.2 Å². The van der Waals surface area contributed by atoms with Gasteiger partial charge in [0.05, 0.1) is 5.56 Å². The average molecular weight is 300 g/mol. The van der Waals surface area contributed by atoms with E-state index >= 15 is 0 Å². The number of carbonyl (C=O) groups excluding carboxylic acids is 1. The summed E-state index contributed by atoms with van der Waals surface area (Å²) in [5.41, 5.74) is 1.18. The lowest BCUT2D eigenvalue weighted by Gasteiger charge is -2.10. The second kappa shape index (κ2) is 5.83. The molecule has 3 N–H and O–H groups in total. The first-order valence-corrected chi connectivity index (χ1v) is 5.74. The SMILES string of the molecule is NNC(=O)c1ccn(COc2cccc(C(F)(F)F)c2)n1. The van der Waals surface area contributed by atoms with E-state index in [1.54, 1.807) is 0 Å². The third-order valence-electron chi connectivity index (χ3n) is 2.53. The zero-order valence-corrected chi connectivity index (χ0v) is 10.6. The van der Waals surface area contributed by atoms with Gasteiger partial charge in [-0.2, -0.15) is 18.3 Å². The van der Waals surface area contributed by atoms with Gasteiger partial charge in [-0.15, -0.1) is 0 Å². The van der Waals surface area contributed by atoms with Crippen LogP contribution < -0.4 is 16.0 Å². The van der Waals surface area contributed by atoms with Crippen LogP contribution in [0.4, 0.5) is 13.2 Å². The Labute approximate surface area is 117 Å². The number of carbonyl (C=O) groups is 1. The number of hydrazine groups is 1. The van der Waals surface area contributed by atoms with Crippen LogP contribution in [0.2, 0.25) is 0 Å². The number of alkyl halides is 3. The standard InChI is InChI=1S/C12H11F3N4O2/c13-12(14,15)8-2-1-3-9(6-8)21-7-19-5-4-10(18-19)11(20)17-16/h1-6H,7,16H2,(H,17,20). The first kappa shape index (κ1) is 14.9. The molecule has 0 radical (unpaired) electrons. The molecule has 0 aliphatic rings. The highest BCUT2D eigenvalue weighted by Crippen LogP contribution is 2.31. The molecule has 0 bridgehead atoms. The van der Waals surface area contributed by atoms with Crippen molar-refractivity contribution in [3.8, 4) is 5.75 Å². The second-order valence-electron chi connectivity index (χ2n) is 4.01. The Morgan fingerprint density at radius 1 is 1.38 bits per heavy atom. The first-order valence-electron chi connectivity index (χ1n) is 5.74. The summed E-state index contributed by atoms with van der Waals surface area (Å²) in [6, 6.07) is 5.87. The molecule has 6 nitrogen and oxygen atoms in total. The molecule has 0 aliphatic carbocycles. The van der Waals surface area contributed by atoms with E-state index in [4.69, 9.17) is 10.6 Å². The molecule has 0 atom stereocenters. The molecule has 2 aromatic rings. The van der Waals surface area contributed by atoms with Crippen LogP contribution in [0, 0.1) is 0 Å². The molecule has 1 amide bonds. The van der Waals surface area contributed by atoms with Gasteiger partial charge in [0, 0.05) is 6.20 Å². The van der Waals surface area contributed by atoms with Gasteiger partial charge in [-0.25, -0.2) is 10.5 Å². The number of hydrogen-bond acceptors (Lipinski definition) is 4. The lowest BCUT2D eigenvalue weighted by molar-refractivity contribution is -0.137. The first-order chi connectivity index (χ1) is 9.90. The maximum atomic E-state index is 12.5. The van der Waals surface area contributed by atoms with Crippen LogP contribution in [0.15, 0.2) is 36.5 Å². The number of amides is 1. The minimum Gasteiger partial charge on any atom is -0.471 e. The highest BCUT2D eigenvalue weighted by molar-refractivity contribution is 5.91. The summed E-state index contributed by atoms with van der Waals surface area (Å²) in [6.45, 7) is -0.140. The number of rotatable bonds is 4. The van der Waals surface area contributed by atoms with Gasteiger partial charge in [-0.05, 0) is 24.3 Å². The predicted octanol–water partition coefficient (Wildman–Crippen LogP) is 1.54. The fourth-order valence-corrected chi connectivity index (χ4v) is 1.53. The zero-order valence-electron chi connectivity index (χ0n) is 10.6. The van der Waals surface area contributed by atoms with Gasteiger partial charge in [-0.1, -0.05) is 6.07 Å². The summed E-state index contributed by atoms with van der Waals surface area (Å²) < 4.78 is 44.0. The van der Waals surface area contributed by atoms with Crippen LogP contribution in [0.3, 0.4) is 0 Å². The molecule has 2 rings (SSSR count). The van der Waals surface area contributed by atoms with Crippen molar-refractivity contribution in [3.05, 3.63) is 47.8 Å². The Morgan fingerprint density at radius 2 is 2.14 bits per heavy atom. The summed E-state index contributed by atoms with van der Waals surface area (Å²) in [5, 5.41) is 3.84. The number of benzene rings is 1. The van der Waals surface area contributed by atoms with Crippen LogP contribution >= 0.6 is 0 Å². The van der Waals surface area contributed by atoms with E-state index in [0.717, 1.165) is 12.1 Å². The molecule has 0 aliphatic heterocycles. The molecule has 9 heteroatoms. The van der Waals surface area contributed by atoms with E-state index < -0.39 is 17.6 Å². The Balaban J connectivity index is 2.03. The average Bonchev–Trinajstić information content (AvgIpc) is 2.92. The molecular formula is C12H11F3N4O2. The molecule has 0 saturated carbocycles. The van der Waals surface area contributed by atoms with Gasteiger partial charge >= 0.3 is 6.18 Å². The molecule has 0 saturated heterocycles. The minimum atomic E-state index is -4.43. The van der Waals surface area contributed by atoms with Crippen molar-refractivity contribution in [2.75, 3.05) is 0 Å². The molecule has 0 spiro atoms. The predicted molar refractivity (Wildman–Crippen MR) is 66.0 cm³/mol. The van der Waals surface area contributed by atoms with Crippen molar-refractivity contribution in [2.45, 2.75) is 12.9 Å². The Hall–Kier alpha value is -2.55. The van der Waals surface area contributed by atoms with Crippen molar-refractivity contribution >= 4 is 5.91 Å². The number of nitrogens with two attached hydrogens (primary N) is 1. The third-order valence-corrected chi connectivity index (χ3v) is 2.53. The highest BCUT2D eigenvalue weighted by Gasteiger charge is 2.30. The summed E-state index contributed by atoms with van der Waals surface area (Å²) in [7, 11) is 0. The number of nitrogens with zero attached hydrogens (tertiary/aromatic N) is 2. The molecular weight excluding hydrogens is 289 g/mol. The topological polar surface area (TPSA) is 82.2 Å². The van der Waals surface area contributed by atoms with Crippen LogP contribution in [0.5, 0.6) is 5.75 Å². The molecule has 1 aromatic carbocycles. The molecule has 112 valence electrons. The van der Waals surface area contributed by atoms with E-state index in [-0.39, 0.29) is 18.2 Å². The van der Waals surface area contributed by atoms with Crippen LogP contribution in [0.1, 0.15) is 16.1 Å². The summed E-state index contributed by atoms with van der Waals surface area (Å²) in [5.74, 6) is 4.42. The molecule has 21 heavy (non-hydrogen) atoms. The second-order valence-corrected chi connectivity index (χ2v) is 4.01. The van der Waals surface area contributed by atoms with Crippen LogP contribution in [0.25, 0.3) is 0 Å². The van der Waals surface area contributed by atoms with Crippen molar-refractivity contribution in [1.82, 2.24) is 15.2 Å². The van der Waals surface area contributed by atoms with Crippen molar-refractivity contribution in [2.24, 2.45) is 5.84 Å². The monoisotopic (exact) mass is 300 g/mol. The largest absolute Gasteiger partial charge is 0.471 e. The summed E-state index contributed by atoms with van der Waals surface area (Å²) in [4.78, 5) is 11.2. The van der Waals surface area contributed by atoms with E-state index in [1.807, 2.05) is 5.43 Å². The number of aromatic nitrogens is 2. The molecule has 1 heterocycles. The van der Waals surface area contributed by atoms with E-state index in [0.29, 0.717) is 0 Å². The fourth-order valence-electron chi connectivity index (χ4n) is 1.53. The number of hydrogen-bond donors (Lipinski definition) is 2. The lowest BCUT2D eigenvalue weighted by Crippen LogP contribution is -2.30. The third kappa shape index (κ3) is 3.72. The smallest absolute Gasteiger partial charge is 0.416 e. The van der Waals surface area contributed by atoms with Crippen molar-refractivity contribution < 1.29 is 22.7 Å². The normalized spacial score (nSPS) is 11.2. The Kier molecular flexibility index (Phi) is 4.13. The zero-order chi connectivity index (χ0) is 15.5. The Morgan fingerprint density at radius 3 is 2.81 bits per heavy atom. The van der Waals surface area contributed by atoms with E-state index in [2.05, 4.69) is 5.10 Å². The number of nitrogen functional groups attached to an aromatic ring is 1. The number of halogens is 3. The number of nitrogens with one attached hydrogen (secondary N) is 1. The number of ether oxygens (including phenoxy) is 1. The molecule has 0 unspecified atom stereocenters. The van der Waals surface area contributed by atoms with Crippen molar-refractivity contribution in [1.29, 1.82) is 0 Å². The van der Waals surface area contributed by atoms with Crippen molar-refractivity contribution in [3.63, 3.8) is 0 Å². The minimum absolute atomic E-state index is 0.0464. The maximum absolute atomic E-state index is 12.5. The van der Waals surface area contributed by atoms with Crippen LogP contribution in [-0.4, -0.2) is 15.7 Å². The summed E-state index contributed by atoms with van der Waals surface area (Å²) in [6.07, 6.45) is -2.99. The lowest BCUT2D eigenvalue weighted by atomic mass is 10.2. The van der Waals surface area contributed by atoms with Gasteiger partial charge in [0.15, 0.2) is 12.4 Å². The van der Waals surface area contributed by atoms with E-state index in [1.165, 1.54) is 29.1 Å². The molecule has 1 aromatic heterocycles. The van der Waals surface area contributed by atoms with Gasteiger partial charge in [0.1, 0.15) is 5.75 Å². The fraction of sp³-hybridized carbons (Fsp3) is 0.167.